The zero-order chi connectivity index (χ0) is 15.5. The van der Waals surface area contributed by atoms with Crippen LogP contribution >= 0.6 is 11.6 Å². The maximum atomic E-state index is 6.13. The average molecular weight is 310 g/mol. The second-order valence-corrected chi connectivity index (χ2v) is 7.12. The Labute approximate surface area is 134 Å². The molecule has 2 N–H and O–H groups in total. The molecule has 1 aromatic rings. The van der Waals surface area contributed by atoms with Crippen LogP contribution in [0.4, 0.5) is 0 Å². The molecule has 1 atom stereocenters. The number of piperidine rings is 1. The molecule has 0 bridgehead atoms. The molecule has 0 aromatic heterocycles. The quantitative estimate of drug-likeness (QED) is 0.907. The largest absolute Gasteiger partial charge is 0.329 e. The Morgan fingerprint density at radius 2 is 1.81 bits per heavy atom. The fraction of sp³-hybridized carbons (Fsp3) is 0.647. The van der Waals surface area contributed by atoms with Gasteiger partial charge in [0.05, 0.1) is 0 Å². The Morgan fingerprint density at radius 3 is 2.29 bits per heavy atom. The van der Waals surface area contributed by atoms with Crippen molar-refractivity contribution in [3.8, 4) is 0 Å². The Balaban J connectivity index is 2.02. The Kier molecular flexibility index (Phi) is 5.67. The summed E-state index contributed by atoms with van der Waals surface area (Å²) in [6.45, 7) is 5.23. The van der Waals surface area contributed by atoms with Crippen molar-refractivity contribution in [1.82, 2.24) is 9.80 Å². The molecule has 0 amide bonds. The van der Waals surface area contributed by atoms with Gasteiger partial charge in [0.1, 0.15) is 0 Å². The molecular weight excluding hydrogens is 282 g/mol. The van der Waals surface area contributed by atoms with Gasteiger partial charge in [-0.15, -0.1) is 0 Å². The molecule has 2 rings (SSSR count). The average Bonchev–Trinajstić information content (AvgIpc) is 2.49. The summed E-state index contributed by atoms with van der Waals surface area (Å²) in [5.74, 6) is 0. The molecular formula is C17H28ClN3. The fourth-order valence-corrected chi connectivity index (χ4v) is 3.40. The molecule has 4 heteroatoms. The monoisotopic (exact) mass is 309 g/mol. The first-order valence-electron chi connectivity index (χ1n) is 7.80. The van der Waals surface area contributed by atoms with Gasteiger partial charge in [0.2, 0.25) is 0 Å². The van der Waals surface area contributed by atoms with E-state index in [1.54, 1.807) is 0 Å². The van der Waals surface area contributed by atoms with Crippen LogP contribution in [0.5, 0.6) is 0 Å². The van der Waals surface area contributed by atoms with Gasteiger partial charge in [0.25, 0.3) is 0 Å². The topological polar surface area (TPSA) is 32.5 Å². The van der Waals surface area contributed by atoms with E-state index in [0.717, 1.165) is 24.5 Å². The van der Waals surface area contributed by atoms with Crippen molar-refractivity contribution >= 4 is 11.6 Å². The molecule has 0 spiro atoms. The van der Waals surface area contributed by atoms with Crippen molar-refractivity contribution in [2.24, 2.45) is 5.73 Å². The minimum Gasteiger partial charge on any atom is -0.329 e. The van der Waals surface area contributed by atoms with Gasteiger partial charge in [-0.1, -0.05) is 23.7 Å². The van der Waals surface area contributed by atoms with E-state index >= 15 is 0 Å². The first kappa shape index (κ1) is 16.8. The first-order valence-corrected chi connectivity index (χ1v) is 8.18. The summed E-state index contributed by atoms with van der Waals surface area (Å²) in [5.41, 5.74) is 7.47. The van der Waals surface area contributed by atoms with Crippen molar-refractivity contribution < 1.29 is 0 Å². The van der Waals surface area contributed by atoms with Gasteiger partial charge >= 0.3 is 0 Å². The summed E-state index contributed by atoms with van der Waals surface area (Å²) < 4.78 is 0. The zero-order valence-electron chi connectivity index (χ0n) is 13.5. The van der Waals surface area contributed by atoms with Crippen LogP contribution in [0.2, 0.25) is 5.02 Å². The van der Waals surface area contributed by atoms with E-state index in [9.17, 15) is 0 Å². The second kappa shape index (κ2) is 7.10. The molecule has 1 fully saturated rings. The highest BCUT2D eigenvalue weighted by Gasteiger charge is 2.34. The second-order valence-electron chi connectivity index (χ2n) is 6.69. The van der Waals surface area contributed by atoms with E-state index in [2.05, 4.69) is 43.0 Å². The van der Waals surface area contributed by atoms with Crippen LogP contribution in [0, 0.1) is 0 Å². The normalized spacial score (nSPS) is 20.7. The van der Waals surface area contributed by atoms with Crippen LogP contribution in [0.1, 0.15) is 25.3 Å². The lowest BCUT2D eigenvalue weighted by molar-refractivity contribution is 0.0560. The van der Waals surface area contributed by atoms with E-state index in [1.807, 2.05) is 12.1 Å². The SMILES string of the molecule is CN(C)C1CCN(C(C)(CN)Cc2ccc(Cl)cc2)CC1. The highest BCUT2D eigenvalue weighted by molar-refractivity contribution is 6.30. The standard InChI is InChI=1S/C17H28ClN3/c1-17(13-19,12-14-4-6-15(18)7-5-14)21-10-8-16(9-11-21)20(2)3/h4-7,16H,8-13,19H2,1-3H3. The third-order valence-corrected chi connectivity index (χ3v) is 5.15. The van der Waals surface area contributed by atoms with Crippen LogP contribution in [0.25, 0.3) is 0 Å². The molecule has 21 heavy (non-hydrogen) atoms. The predicted molar refractivity (Wildman–Crippen MR) is 90.9 cm³/mol. The Morgan fingerprint density at radius 1 is 1.24 bits per heavy atom. The van der Waals surface area contributed by atoms with Crippen molar-refractivity contribution in [2.75, 3.05) is 33.7 Å². The van der Waals surface area contributed by atoms with E-state index in [4.69, 9.17) is 17.3 Å². The van der Waals surface area contributed by atoms with Crippen LogP contribution < -0.4 is 5.73 Å². The van der Waals surface area contributed by atoms with E-state index < -0.39 is 0 Å². The number of hydrogen-bond acceptors (Lipinski definition) is 3. The van der Waals surface area contributed by atoms with Crippen LogP contribution in [-0.4, -0.2) is 55.1 Å². The van der Waals surface area contributed by atoms with Gasteiger partial charge < -0.3 is 10.6 Å². The van der Waals surface area contributed by atoms with Crippen LogP contribution in [0.15, 0.2) is 24.3 Å². The summed E-state index contributed by atoms with van der Waals surface area (Å²) in [4.78, 5) is 4.91. The number of halogens is 1. The van der Waals surface area contributed by atoms with E-state index in [0.29, 0.717) is 12.6 Å². The van der Waals surface area contributed by atoms with Gasteiger partial charge in [-0.2, -0.15) is 0 Å². The number of rotatable bonds is 5. The molecule has 1 aliphatic heterocycles. The maximum Gasteiger partial charge on any atom is 0.0406 e. The van der Waals surface area contributed by atoms with Gasteiger partial charge in [0, 0.05) is 36.2 Å². The van der Waals surface area contributed by atoms with Crippen molar-refractivity contribution in [3.63, 3.8) is 0 Å². The first-order chi connectivity index (χ1) is 9.94. The van der Waals surface area contributed by atoms with Crippen molar-refractivity contribution in [1.29, 1.82) is 0 Å². The maximum absolute atomic E-state index is 6.13. The van der Waals surface area contributed by atoms with Gasteiger partial charge in [-0.25, -0.2) is 0 Å². The number of nitrogens with zero attached hydrogens (tertiary/aromatic N) is 2. The van der Waals surface area contributed by atoms with E-state index in [-0.39, 0.29) is 5.54 Å². The summed E-state index contributed by atoms with van der Waals surface area (Å²) in [6, 6.07) is 8.86. The van der Waals surface area contributed by atoms with Gasteiger partial charge in [-0.3, -0.25) is 4.90 Å². The minimum atomic E-state index is 0.0328. The van der Waals surface area contributed by atoms with Gasteiger partial charge in [0.15, 0.2) is 0 Å². The van der Waals surface area contributed by atoms with Crippen molar-refractivity contribution in [3.05, 3.63) is 34.9 Å². The lowest BCUT2D eigenvalue weighted by atomic mass is 9.88. The van der Waals surface area contributed by atoms with Crippen LogP contribution in [0.3, 0.4) is 0 Å². The molecule has 118 valence electrons. The summed E-state index contributed by atoms with van der Waals surface area (Å²) in [5, 5.41) is 0.792. The van der Waals surface area contributed by atoms with Crippen molar-refractivity contribution in [2.45, 2.75) is 37.8 Å². The third kappa shape index (κ3) is 4.19. The molecule has 1 aromatic carbocycles. The molecule has 0 saturated carbocycles. The summed E-state index contributed by atoms with van der Waals surface area (Å²) in [7, 11) is 4.35. The molecule has 0 radical (unpaired) electrons. The molecule has 1 unspecified atom stereocenters. The Hall–Kier alpha value is -0.610. The highest BCUT2D eigenvalue weighted by Crippen LogP contribution is 2.26. The Bertz CT molecular complexity index is 438. The predicted octanol–water partition coefficient (Wildman–Crippen LogP) is 2.63. The minimum absolute atomic E-state index is 0.0328. The molecule has 3 nitrogen and oxygen atoms in total. The smallest absolute Gasteiger partial charge is 0.0406 e. The highest BCUT2D eigenvalue weighted by atomic mass is 35.5. The lowest BCUT2D eigenvalue weighted by Crippen LogP contribution is -2.57. The number of hydrogen-bond donors (Lipinski definition) is 1. The lowest BCUT2D eigenvalue weighted by Gasteiger charge is -2.45. The number of benzene rings is 1. The van der Waals surface area contributed by atoms with E-state index in [1.165, 1.54) is 18.4 Å². The summed E-state index contributed by atoms with van der Waals surface area (Å²) in [6.07, 6.45) is 3.43. The van der Waals surface area contributed by atoms with Crippen LogP contribution in [-0.2, 0) is 6.42 Å². The summed E-state index contributed by atoms with van der Waals surface area (Å²) >= 11 is 5.97. The van der Waals surface area contributed by atoms with Gasteiger partial charge in [-0.05, 0) is 58.0 Å². The molecule has 1 saturated heterocycles. The third-order valence-electron chi connectivity index (χ3n) is 4.90. The number of nitrogens with two attached hydrogens (primary N) is 1. The molecule has 0 aliphatic carbocycles. The molecule has 1 aliphatic rings. The number of likely N-dealkylation sites (tertiary alicyclic amines) is 1. The fourth-order valence-electron chi connectivity index (χ4n) is 3.28. The molecule has 1 heterocycles. The zero-order valence-corrected chi connectivity index (χ0v) is 14.2.